The molecule has 1 aromatic rings. The molecule has 25 heavy (non-hydrogen) atoms. The Balaban J connectivity index is 2.66. The van der Waals surface area contributed by atoms with Crippen molar-refractivity contribution in [3.63, 3.8) is 0 Å². The van der Waals surface area contributed by atoms with Gasteiger partial charge in [0.1, 0.15) is 0 Å². The summed E-state index contributed by atoms with van der Waals surface area (Å²) in [6.45, 7) is 20.1. The van der Waals surface area contributed by atoms with Gasteiger partial charge in [0, 0.05) is 42.4 Å². The standard InChI is InChI=1S/C21H36NO2Si/c1-10-22-14-21(5,6)19(23-7)16-13-11-12-15(17(16)22)18(20(2,3)4)24-25(8)9/h11-13,18-19H,10,14H2,1-9H3. The molecule has 1 heterocycles. The Morgan fingerprint density at radius 3 is 2.40 bits per heavy atom. The van der Waals surface area contributed by atoms with Crippen LogP contribution in [0.1, 0.15) is 64.9 Å². The molecule has 2 atom stereocenters. The number of anilines is 1. The molecule has 2 unspecified atom stereocenters. The van der Waals surface area contributed by atoms with E-state index in [1.54, 1.807) is 0 Å². The third-order valence-corrected chi connectivity index (χ3v) is 5.75. The van der Waals surface area contributed by atoms with Gasteiger partial charge in [0.05, 0.1) is 12.2 Å². The molecule has 0 fully saturated rings. The van der Waals surface area contributed by atoms with Gasteiger partial charge >= 0.3 is 0 Å². The highest BCUT2D eigenvalue weighted by molar-refractivity contribution is 6.48. The second-order valence-electron chi connectivity index (χ2n) is 9.18. The summed E-state index contributed by atoms with van der Waals surface area (Å²) in [5.74, 6) is 0. The average Bonchev–Trinajstić information content (AvgIpc) is 2.49. The molecule has 0 spiro atoms. The van der Waals surface area contributed by atoms with E-state index in [4.69, 9.17) is 9.16 Å². The molecule has 3 nitrogen and oxygen atoms in total. The van der Waals surface area contributed by atoms with Gasteiger partial charge in [-0.2, -0.15) is 0 Å². The van der Waals surface area contributed by atoms with E-state index < -0.39 is 9.04 Å². The summed E-state index contributed by atoms with van der Waals surface area (Å²) >= 11 is 0. The van der Waals surface area contributed by atoms with Crippen molar-refractivity contribution in [1.29, 1.82) is 0 Å². The molecule has 141 valence electrons. The number of rotatable bonds is 5. The van der Waals surface area contributed by atoms with E-state index in [0.29, 0.717) is 0 Å². The molecule has 0 saturated heterocycles. The Hall–Kier alpha value is -0.843. The highest BCUT2D eigenvalue weighted by Gasteiger charge is 2.42. The SMILES string of the molecule is CCN1CC(C)(C)C(OC)c2cccc(C(O[Si](C)C)C(C)(C)C)c21. The third-order valence-electron chi connectivity index (χ3n) is 5.05. The van der Waals surface area contributed by atoms with Gasteiger partial charge < -0.3 is 14.1 Å². The van der Waals surface area contributed by atoms with Crippen molar-refractivity contribution in [3.8, 4) is 0 Å². The second kappa shape index (κ2) is 7.41. The quantitative estimate of drug-likeness (QED) is 0.637. The zero-order valence-electron chi connectivity index (χ0n) is 17.6. The van der Waals surface area contributed by atoms with E-state index in [2.05, 4.69) is 77.7 Å². The number of ether oxygens (including phenoxy) is 1. The lowest BCUT2D eigenvalue weighted by atomic mass is 9.75. The number of hydrogen-bond acceptors (Lipinski definition) is 3. The maximum absolute atomic E-state index is 6.51. The Morgan fingerprint density at radius 2 is 1.92 bits per heavy atom. The normalized spacial score (nSPS) is 21.4. The number of para-hydroxylation sites is 1. The molecule has 0 aromatic heterocycles. The second-order valence-corrected chi connectivity index (χ2v) is 11.2. The van der Waals surface area contributed by atoms with E-state index >= 15 is 0 Å². The molecule has 0 N–H and O–H groups in total. The monoisotopic (exact) mass is 362 g/mol. The number of fused-ring (bicyclic) bond motifs is 1. The number of nitrogens with zero attached hydrogens (tertiary/aromatic N) is 1. The fourth-order valence-electron chi connectivity index (χ4n) is 4.10. The summed E-state index contributed by atoms with van der Waals surface area (Å²) in [4.78, 5) is 2.51. The largest absolute Gasteiger partial charge is 0.410 e. The molecule has 2 rings (SSSR count). The first-order chi connectivity index (χ1) is 11.5. The van der Waals surface area contributed by atoms with Gasteiger partial charge in [-0.05, 0) is 25.4 Å². The molecule has 1 aliphatic rings. The first kappa shape index (κ1) is 20.5. The Kier molecular flexibility index (Phi) is 6.07. The van der Waals surface area contributed by atoms with Crippen LogP contribution in [-0.4, -0.2) is 29.2 Å². The zero-order valence-corrected chi connectivity index (χ0v) is 18.6. The average molecular weight is 363 g/mol. The molecule has 0 amide bonds. The van der Waals surface area contributed by atoms with Gasteiger partial charge in [0.25, 0.3) is 0 Å². The van der Waals surface area contributed by atoms with Gasteiger partial charge in [0.15, 0.2) is 0 Å². The van der Waals surface area contributed by atoms with Crippen molar-refractivity contribution in [2.24, 2.45) is 10.8 Å². The maximum atomic E-state index is 6.51. The van der Waals surface area contributed by atoms with Crippen LogP contribution < -0.4 is 4.90 Å². The fourth-order valence-corrected chi connectivity index (χ4v) is 5.05. The van der Waals surface area contributed by atoms with Crippen molar-refractivity contribution >= 4 is 14.7 Å². The van der Waals surface area contributed by atoms with Gasteiger partial charge in [-0.25, -0.2) is 0 Å². The molecule has 1 aliphatic heterocycles. The van der Waals surface area contributed by atoms with E-state index in [1.807, 2.05) is 7.11 Å². The number of methoxy groups -OCH3 is 1. The van der Waals surface area contributed by atoms with Gasteiger partial charge in [-0.1, -0.05) is 52.8 Å². The van der Waals surface area contributed by atoms with Crippen molar-refractivity contribution in [1.82, 2.24) is 0 Å². The first-order valence-corrected chi connectivity index (χ1v) is 11.8. The van der Waals surface area contributed by atoms with Gasteiger partial charge in [0.2, 0.25) is 9.04 Å². The van der Waals surface area contributed by atoms with Crippen molar-refractivity contribution in [2.75, 3.05) is 25.1 Å². The maximum Gasteiger partial charge on any atom is 0.205 e. The lowest BCUT2D eigenvalue weighted by Crippen LogP contribution is -2.44. The third kappa shape index (κ3) is 4.12. The van der Waals surface area contributed by atoms with E-state index in [9.17, 15) is 0 Å². The van der Waals surface area contributed by atoms with E-state index in [0.717, 1.165) is 13.1 Å². The molecule has 1 radical (unpaired) electrons. The molecular formula is C21H36NO2Si. The van der Waals surface area contributed by atoms with Crippen molar-refractivity contribution in [2.45, 2.75) is 66.8 Å². The number of hydrogen-bond donors (Lipinski definition) is 0. The van der Waals surface area contributed by atoms with Crippen LogP contribution in [-0.2, 0) is 9.16 Å². The van der Waals surface area contributed by atoms with Crippen LogP contribution in [0.4, 0.5) is 5.69 Å². The Labute approximate surface area is 156 Å². The van der Waals surface area contributed by atoms with Crippen LogP contribution in [0.15, 0.2) is 18.2 Å². The first-order valence-electron chi connectivity index (χ1n) is 9.40. The van der Waals surface area contributed by atoms with Crippen LogP contribution in [0, 0.1) is 10.8 Å². The highest BCUT2D eigenvalue weighted by Crippen LogP contribution is 2.50. The molecule has 4 heteroatoms. The molecule has 0 bridgehead atoms. The Morgan fingerprint density at radius 1 is 1.28 bits per heavy atom. The summed E-state index contributed by atoms with van der Waals surface area (Å²) < 4.78 is 12.5. The summed E-state index contributed by atoms with van der Waals surface area (Å²) in [6.07, 6.45) is 0.206. The molecular weight excluding hydrogens is 326 g/mol. The van der Waals surface area contributed by atoms with Crippen LogP contribution in [0.25, 0.3) is 0 Å². The fraction of sp³-hybridized carbons (Fsp3) is 0.714. The van der Waals surface area contributed by atoms with Crippen molar-refractivity contribution in [3.05, 3.63) is 29.3 Å². The summed E-state index contributed by atoms with van der Waals surface area (Å²) in [5, 5.41) is 0. The van der Waals surface area contributed by atoms with E-state index in [1.165, 1.54) is 16.8 Å². The topological polar surface area (TPSA) is 21.7 Å². The van der Waals surface area contributed by atoms with Crippen LogP contribution >= 0.6 is 0 Å². The summed E-state index contributed by atoms with van der Waals surface area (Å²) in [7, 11) is 1.03. The molecule has 0 aliphatic carbocycles. The van der Waals surface area contributed by atoms with Crippen LogP contribution in [0.3, 0.4) is 0 Å². The van der Waals surface area contributed by atoms with Crippen LogP contribution in [0.2, 0.25) is 13.1 Å². The van der Waals surface area contributed by atoms with Crippen LogP contribution in [0.5, 0.6) is 0 Å². The van der Waals surface area contributed by atoms with E-state index in [-0.39, 0.29) is 23.0 Å². The molecule has 1 aromatic carbocycles. The minimum atomic E-state index is -0.804. The minimum Gasteiger partial charge on any atom is -0.410 e. The smallest absolute Gasteiger partial charge is 0.205 e. The lowest BCUT2D eigenvalue weighted by molar-refractivity contribution is 0.00324. The molecule has 0 saturated carbocycles. The minimum absolute atomic E-state index is 0.0476. The number of benzene rings is 1. The summed E-state index contributed by atoms with van der Waals surface area (Å²) in [5.41, 5.74) is 4.08. The van der Waals surface area contributed by atoms with Gasteiger partial charge in [-0.3, -0.25) is 0 Å². The predicted molar refractivity (Wildman–Crippen MR) is 109 cm³/mol. The summed E-state index contributed by atoms with van der Waals surface area (Å²) in [6, 6.07) is 6.67. The zero-order chi connectivity index (χ0) is 19.0. The lowest BCUT2D eigenvalue weighted by Gasteiger charge is -2.47. The predicted octanol–water partition coefficient (Wildman–Crippen LogP) is 5.60. The highest BCUT2D eigenvalue weighted by atomic mass is 28.3. The Bertz CT molecular complexity index is 592. The van der Waals surface area contributed by atoms with Gasteiger partial charge in [-0.15, -0.1) is 0 Å². The van der Waals surface area contributed by atoms with Crippen molar-refractivity contribution < 1.29 is 9.16 Å².